The summed E-state index contributed by atoms with van der Waals surface area (Å²) in [4.78, 5) is 8.38. The van der Waals surface area contributed by atoms with E-state index in [4.69, 9.17) is 5.84 Å². The van der Waals surface area contributed by atoms with Crippen molar-refractivity contribution < 1.29 is 0 Å². The van der Waals surface area contributed by atoms with Gasteiger partial charge < -0.3 is 0 Å². The predicted molar refractivity (Wildman–Crippen MR) is 63.7 cm³/mol. The van der Waals surface area contributed by atoms with E-state index < -0.39 is 0 Å². The summed E-state index contributed by atoms with van der Waals surface area (Å²) in [5.74, 6) is 6.20. The largest absolute Gasteiger partial charge is 0.272 e. The summed E-state index contributed by atoms with van der Waals surface area (Å²) in [6.45, 7) is 3.01. The maximum atomic E-state index is 5.55. The van der Waals surface area contributed by atoms with Crippen molar-refractivity contribution in [3.05, 3.63) is 42.2 Å². The summed E-state index contributed by atoms with van der Waals surface area (Å²) in [6.07, 6.45) is 8.19. The van der Waals surface area contributed by atoms with E-state index in [1.54, 1.807) is 24.7 Å². The highest BCUT2D eigenvalue weighted by atomic mass is 15.3. The third-order valence-electron chi connectivity index (χ3n) is 2.45. The number of nitrogens with one attached hydrogen (secondary N) is 1. The topological polar surface area (TPSA) is 81.7 Å². The van der Waals surface area contributed by atoms with Crippen LogP contribution in [0.3, 0.4) is 0 Å². The molecule has 0 aromatic carbocycles. The van der Waals surface area contributed by atoms with Crippen LogP contribution in [-0.4, -0.2) is 19.7 Å². The van der Waals surface area contributed by atoms with E-state index in [-0.39, 0.29) is 6.04 Å². The van der Waals surface area contributed by atoms with Crippen molar-refractivity contribution in [1.29, 1.82) is 0 Å². The molecule has 0 amide bonds. The summed E-state index contributed by atoms with van der Waals surface area (Å²) in [6, 6.07) is 1.55. The Morgan fingerprint density at radius 2 is 2.18 bits per heavy atom. The molecule has 6 heteroatoms. The minimum absolute atomic E-state index is 0.221. The van der Waals surface area contributed by atoms with Gasteiger partial charge in [0, 0.05) is 30.7 Å². The first-order valence-electron chi connectivity index (χ1n) is 5.60. The molecule has 2 rings (SSSR count). The number of nitrogens with zero attached hydrogens (tertiary/aromatic N) is 4. The number of hydrogen-bond acceptors (Lipinski definition) is 5. The number of hydrogen-bond donors (Lipinski definition) is 2. The average molecular weight is 232 g/mol. The van der Waals surface area contributed by atoms with Gasteiger partial charge in [0.1, 0.15) is 6.04 Å². The molecule has 0 bridgehead atoms. The highest BCUT2D eigenvalue weighted by Crippen LogP contribution is 2.16. The van der Waals surface area contributed by atoms with Crippen LogP contribution in [0.25, 0.3) is 0 Å². The summed E-state index contributed by atoms with van der Waals surface area (Å²) < 4.78 is 1.89. The van der Waals surface area contributed by atoms with Crippen LogP contribution >= 0.6 is 0 Å². The normalized spacial score (nSPS) is 12.6. The molecule has 17 heavy (non-hydrogen) atoms. The van der Waals surface area contributed by atoms with Crippen molar-refractivity contribution in [3.8, 4) is 0 Å². The van der Waals surface area contributed by atoms with E-state index in [0.29, 0.717) is 5.82 Å². The van der Waals surface area contributed by atoms with E-state index in [0.717, 1.165) is 18.5 Å². The van der Waals surface area contributed by atoms with E-state index in [2.05, 4.69) is 27.4 Å². The summed E-state index contributed by atoms with van der Waals surface area (Å²) in [5.41, 5.74) is 3.68. The van der Waals surface area contributed by atoms with Gasteiger partial charge in [-0.3, -0.25) is 10.5 Å². The number of hydrazine groups is 1. The Hall–Kier alpha value is -1.79. The van der Waals surface area contributed by atoms with Crippen LogP contribution in [0.5, 0.6) is 0 Å². The average Bonchev–Trinajstić information content (AvgIpc) is 2.81. The Morgan fingerprint density at radius 1 is 1.41 bits per heavy atom. The fourth-order valence-electron chi connectivity index (χ4n) is 1.66. The highest BCUT2D eigenvalue weighted by molar-refractivity contribution is 5.18. The van der Waals surface area contributed by atoms with Gasteiger partial charge in [-0.25, -0.2) is 15.4 Å². The molecule has 1 unspecified atom stereocenters. The van der Waals surface area contributed by atoms with Gasteiger partial charge >= 0.3 is 0 Å². The molecule has 6 nitrogen and oxygen atoms in total. The SMILES string of the molecule is CCCn1cc(C(NN)c2ncccn2)cn1. The molecule has 0 aliphatic carbocycles. The number of nitrogens with two attached hydrogens (primary N) is 1. The lowest BCUT2D eigenvalue weighted by atomic mass is 10.1. The first kappa shape index (κ1) is 11.7. The molecule has 0 aliphatic heterocycles. The first-order chi connectivity index (χ1) is 8.35. The molecule has 0 saturated heterocycles. The minimum atomic E-state index is -0.221. The smallest absolute Gasteiger partial charge is 0.151 e. The van der Waals surface area contributed by atoms with Crippen LogP contribution in [-0.2, 0) is 6.54 Å². The van der Waals surface area contributed by atoms with Crippen LogP contribution < -0.4 is 11.3 Å². The van der Waals surface area contributed by atoms with Crippen molar-refractivity contribution in [2.24, 2.45) is 5.84 Å². The van der Waals surface area contributed by atoms with Crippen LogP contribution in [0.1, 0.15) is 30.8 Å². The maximum Gasteiger partial charge on any atom is 0.151 e. The van der Waals surface area contributed by atoms with Crippen molar-refractivity contribution >= 4 is 0 Å². The van der Waals surface area contributed by atoms with Gasteiger partial charge in [-0.2, -0.15) is 5.10 Å². The Bertz CT molecular complexity index is 452. The van der Waals surface area contributed by atoms with Crippen LogP contribution in [0.2, 0.25) is 0 Å². The molecule has 90 valence electrons. The van der Waals surface area contributed by atoms with Gasteiger partial charge in [0.2, 0.25) is 0 Å². The first-order valence-corrected chi connectivity index (χ1v) is 5.60. The van der Waals surface area contributed by atoms with Gasteiger partial charge in [0.05, 0.1) is 6.20 Å². The van der Waals surface area contributed by atoms with Gasteiger partial charge in [-0.05, 0) is 12.5 Å². The molecule has 2 heterocycles. The van der Waals surface area contributed by atoms with E-state index in [1.807, 2.05) is 10.9 Å². The molecule has 0 fully saturated rings. The van der Waals surface area contributed by atoms with Gasteiger partial charge in [0.25, 0.3) is 0 Å². The molecule has 0 aliphatic rings. The molecule has 2 aromatic rings. The number of aryl methyl sites for hydroxylation is 1. The van der Waals surface area contributed by atoms with Crippen molar-refractivity contribution in [2.75, 3.05) is 0 Å². The van der Waals surface area contributed by atoms with Crippen LogP contribution in [0, 0.1) is 0 Å². The van der Waals surface area contributed by atoms with Crippen molar-refractivity contribution in [1.82, 2.24) is 25.2 Å². The Kier molecular flexibility index (Phi) is 3.79. The zero-order valence-corrected chi connectivity index (χ0v) is 9.74. The van der Waals surface area contributed by atoms with Crippen molar-refractivity contribution in [3.63, 3.8) is 0 Å². The fraction of sp³-hybridized carbons (Fsp3) is 0.364. The summed E-state index contributed by atoms with van der Waals surface area (Å²) in [7, 11) is 0. The molecule has 3 N–H and O–H groups in total. The molecule has 0 radical (unpaired) electrons. The van der Waals surface area contributed by atoms with Gasteiger partial charge in [0.15, 0.2) is 5.82 Å². The predicted octanol–water partition coefficient (Wildman–Crippen LogP) is 0.636. The quantitative estimate of drug-likeness (QED) is 0.584. The Balaban J connectivity index is 2.23. The lowest BCUT2D eigenvalue weighted by molar-refractivity contribution is 0.588. The van der Waals surface area contributed by atoms with Gasteiger partial charge in [-0.15, -0.1) is 0 Å². The Labute approximate surface area is 99.9 Å². The van der Waals surface area contributed by atoms with E-state index in [9.17, 15) is 0 Å². The van der Waals surface area contributed by atoms with E-state index in [1.165, 1.54) is 0 Å². The van der Waals surface area contributed by atoms with Crippen LogP contribution in [0.15, 0.2) is 30.9 Å². The summed E-state index contributed by atoms with van der Waals surface area (Å²) in [5, 5.41) is 4.27. The zero-order chi connectivity index (χ0) is 12.1. The maximum absolute atomic E-state index is 5.55. The second-order valence-corrected chi connectivity index (χ2v) is 3.74. The molecule has 1 atom stereocenters. The zero-order valence-electron chi connectivity index (χ0n) is 9.74. The summed E-state index contributed by atoms with van der Waals surface area (Å²) >= 11 is 0. The fourth-order valence-corrected chi connectivity index (χ4v) is 1.66. The molecule has 2 aromatic heterocycles. The minimum Gasteiger partial charge on any atom is -0.272 e. The third-order valence-corrected chi connectivity index (χ3v) is 2.45. The molecule has 0 spiro atoms. The van der Waals surface area contributed by atoms with Crippen LogP contribution in [0.4, 0.5) is 0 Å². The molecular formula is C11H16N6. The number of aromatic nitrogens is 4. The van der Waals surface area contributed by atoms with Gasteiger partial charge in [-0.1, -0.05) is 6.92 Å². The molecule has 0 saturated carbocycles. The second-order valence-electron chi connectivity index (χ2n) is 3.74. The van der Waals surface area contributed by atoms with Crippen molar-refractivity contribution in [2.45, 2.75) is 25.9 Å². The lowest BCUT2D eigenvalue weighted by Crippen LogP contribution is -2.30. The third kappa shape index (κ3) is 2.66. The molecular weight excluding hydrogens is 216 g/mol. The monoisotopic (exact) mass is 232 g/mol. The number of rotatable bonds is 5. The lowest BCUT2D eigenvalue weighted by Gasteiger charge is -2.11. The Morgan fingerprint density at radius 3 is 2.82 bits per heavy atom. The van der Waals surface area contributed by atoms with E-state index >= 15 is 0 Å². The highest BCUT2D eigenvalue weighted by Gasteiger charge is 2.16. The second kappa shape index (κ2) is 5.51. The standard InChI is InChI=1S/C11H16N6/c1-2-6-17-8-9(7-15-17)10(16-12)11-13-4-3-5-14-11/h3-5,7-8,10,16H,2,6,12H2,1H3.